The van der Waals surface area contributed by atoms with Crippen LogP contribution in [-0.4, -0.2) is 61.4 Å². The van der Waals surface area contributed by atoms with Crippen molar-refractivity contribution in [3.63, 3.8) is 0 Å². The Morgan fingerprint density at radius 3 is 2.62 bits per heavy atom. The first-order valence-corrected chi connectivity index (χ1v) is 6.26. The highest BCUT2D eigenvalue weighted by atomic mass is 16.6. The van der Waals surface area contributed by atoms with Gasteiger partial charge in [-0.2, -0.15) is 0 Å². The zero-order valence-corrected chi connectivity index (χ0v) is 11.9. The smallest absolute Gasteiger partial charge is 0.270 e. The number of hydrogen-bond acceptors (Lipinski definition) is 6. The van der Waals surface area contributed by atoms with Crippen molar-refractivity contribution < 1.29 is 24.3 Å². The van der Waals surface area contributed by atoms with Crippen LogP contribution >= 0.6 is 0 Å². The third kappa shape index (κ3) is 4.40. The fourth-order valence-electron chi connectivity index (χ4n) is 1.78. The Bertz CT molecular complexity index is 505. The molecule has 0 spiro atoms. The number of aliphatic hydroxyl groups is 1. The van der Waals surface area contributed by atoms with Gasteiger partial charge in [-0.3, -0.25) is 14.9 Å². The molecule has 0 bridgehead atoms. The van der Waals surface area contributed by atoms with Crippen LogP contribution in [0.15, 0.2) is 18.2 Å². The number of benzene rings is 1. The van der Waals surface area contributed by atoms with Crippen molar-refractivity contribution in [2.24, 2.45) is 0 Å². The number of carbonyl (C=O) groups excluding carboxylic acids is 1. The third-order valence-electron chi connectivity index (χ3n) is 2.85. The Labute approximate surface area is 122 Å². The highest BCUT2D eigenvalue weighted by Gasteiger charge is 2.22. The lowest BCUT2D eigenvalue weighted by molar-refractivity contribution is -0.384. The van der Waals surface area contributed by atoms with E-state index in [4.69, 9.17) is 14.6 Å². The standard InChI is InChI=1S/C13H18N2O6/c1-20-8-6-14(5-7-16)13(17)11-9-10(15(18)19)3-4-12(11)21-2/h3-4,9,16H,5-8H2,1-2H3. The van der Waals surface area contributed by atoms with Crippen LogP contribution in [0.1, 0.15) is 10.4 Å². The Hall–Kier alpha value is -2.19. The van der Waals surface area contributed by atoms with E-state index in [1.165, 1.54) is 37.3 Å². The molecule has 8 nitrogen and oxygen atoms in total. The largest absolute Gasteiger partial charge is 0.496 e. The summed E-state index contributed by atoms with van der Waals surface area (Å²) in [5.41, 5.74) is -0.119. The zero-order valence-electron chi connectivity index (χ0n) is 11.9. The van der Waals surface area contributed by atoms with Crippen LogP contribution in [0.3, 0.4) is 0 Å². The van der Waals surface area contributed by atoms with Gasteiger partial charge in [-0.05, 0) is 6.07 Å². The summed E-state index contributed by atoms with van der Waals surface area (Å²) < 4.78 is 9.98. The summed E-state index contributed by atoms with van der Waals surface area (Å²) >= 11 is 0. The second-order valence-corrected chi connectivity index (χ2v) is 4.15. The van der Waals surface area contributed by atoms with E-state index in [0.717, 1.165) is 0 Å². The molecule has 1 rings (SSSR count). The minimum absolute atomic E-state index is 0.0799. The molecule has 0 fully saturated rings. The SMILES string of the molecule is COCCN(CCO)C(=O)c1cc([N+](=O)[O-])ccc1OC. The molecular weight excluding hydrogens is 280 g/mol. The number of carbonyl (C=O) groups is 1. The average Bonchev–Trinajstić information content (AvgIpc) is 2.49. The summed E-state index contributed by atoms with van der Waals surface area (Å²) in [6.07, 6.45) is 0. The predicted molar refractivity (Wildman–Crippen MR) is 74.5 cm³/mol. The molecule has 0 aromatic heterocycles. The van der Waals surface area contributed by atoms with E-state index < -0.39 is 10.8 Å². The summed E-state index contributed by atoms with van der Waals surface area (Å²) in [5, 5.41) is 19.8. The third-order valence-corrected chi connectivity index (χ3v) is 2.85. The van der Waals surface area contributed by atoms with Gasteiger partial charge in [0.15, 0.2) is 0 Å². The second kappa shape index (κ2) is 8.18. The Morgan fingerprint density at radius 1 is 1.38 bits per heavy atom. The van der Waals surface area contributed by atoms with E-state index in [2.05, 4.69) is 0 Å². The van der Waals surface area contributed by atoms with Crippen LogP contribution in [0.4, 0.5) is 5.69 Å². The maximum Gasteiger partial charge on any atom is 0.270 e. The van der Waals surface area contributed by atoms with Crippen molar-refractivity contribution in [2.45, 2.75) is 0 Å². The number of aliphatic hydroxyl groups excluding tert-OH is 1. The summed E-state index contributed by atoms with van der Waals surface area (Å²) in [7, 11) is 2.87. The Morgan fingerprint density at radius 2 is 2.10 bits per heavy atom. The zero-order chi connectivity index (χ0) is 15.8. The van der Waals surface area contributed by atoms with Gasteiger partial charge in [0.1, 0.15) is 5.75 Å². The lowest BCUT2D eigenvalue weighted by Crippen LogP contribution is -2.36. The Balaban J connectivity index is 3.11. The van der Waals surface area contributed by atoms with Gasteiger partial charge >= 0.3 is 0 Å². The first kappa shape index (κ1) is 16.9. The van der Waals surface area contributed by atoms with E-state index in [0.29, 0.717) is 6.61 Å². The van der Waals surface area contributed by atoms with Gasteiger partial charge in [-0.15, -0.1) is 0 Å². The summed E-state index contributed by atoms with van der Waals surface area (Å²) in [6.45, 7) is 0.450. The van der Waals surface area contributed by atoms with Crippen LogP contribution in [-0.2, 0) is 4.74 Å². The van der Waals surface area contributed by atoms with Gasteiger partial charge in [0, 0.05) is 32.3 Å². The van der Waals surface area contributed by atoms with Crippen LogP contribution in [0, 0.1) is 10.1 Å². The van der Waals surface area contributed by atoms with Gasteiger partial charge in [0.25, 0.3) is 11.6 Å². The number of nitro groups is 1. The molecule has 0 saturated heterocycles. The Kier molecular flexibility index (Phi) is 6.57. The number of nitro benzene ring substituents is 1. The first-order chi connectivity index (χ1) is 10.0. The van der Waals surface area contributed by atoms with Gasteiger partial charge in [-0.1, -0.05) is 0 Å². The predicted octanol–water partition coefficient (Wildman–Crippen LogP) is 0.684. The topological polar surface area (TPSA) is 102 Å². The van der Waals surface area contributed by atoms with E-state index in [9.17, 15) is 14.9 Å². The minimum Gasteiger partial charge on any atom is -0.496 e. The molecule has 0 aliphatic rings. The van der Waals surface area contributed by atoms with E-state index in [1.807, 2.05) is 0 Å². The van der Waals surface area contributed by atoms with E-state index in [-0.39, 0.29) is 36.7 Å². The summed E-state index contributed by atoms with van der Waals surface area (Å²) in [6, 6.07) is 3.80. The number of rotatable bonds is 8. The van der Waals surface area contributed by atoms with Crippen LogP contribution in [0.2, 0.25) is 0 Å². The molecule has 0 heterocycles. The number of nitrogens with zero attached hydrogens (tertiary/aromatic N) is 2. The maximum atomic E-state index is 12.5. The van der Waals surface area contributed by atoms with E-state index in [1.54, 1.807) is 0 Å². The van der Waals surface area contributed by atoms with E-state index >= 15 is 0 Å². The van der Waals surface area contributed by atoms with Gasteiger partial charge < -0.3 is 19.5 Å². The molecule has 1 N–H and O–H groups in total. The molecule has 0 atom stereocenters. The maximum absolute atomic E-state index is 12.5. The molecule has 0 saturated carbocycles. The van der Waals surface area contributed by atoms with Crippen LogP contribution in [0.5, 0.6) is 5.75 Å². The molecule has 1 amide bonds. The molecule has 8 heteroatoms. The lowest BCUT2D eigenvalue weighted by Gasteiger charge is -2.22. The molecule has 0 aliphatic heterocycles. The lowest BCUT2D eigenvalue weighted by atomic mass is 10.1. The highest BCUT2D eigenvalue weighted by molar-refractivity contribution is 5.97. The van der Waals surface area contributed by atoms with Gasteiger partial charge in [0.05, 0.1) is 30.8 Å². The van der Waals surface area contributed by atoms with Gasteiger partial charge in [0.2, 0.25) is 0 Å². The minimum atomic E-state index is -0.582. The van der Waals surface area contributed by atoms with Crippen LogP contribution in [0.25, 0.3) is 0 Å². The van der Waals surface area contributed by atoms with Crippen molar-refractivity contribution in [1.82, 2.24) is 4.90 Å². The fraction of sp³-hybridized carbons (Fsp3) is 0.462. The number of non-ortho nitro benzene ring substituents is 1. The van der Waals surface area contributed by atoms with Gasteiger partial charge in [-0.25, -0.2) is 0 Å². The molecular formula is C13H18N2O6. The van der Waals surface area contributed by atoms with Crippen LogP contribution < -0.4 is 4.74 Å². The highest BCUT2D eigenvalue weighted by Crippen LogP contribution is 2.25. The van der Waals surface area contributed by atoms with Crippen molar-refractivity contribution in [3.05, 3.63) is 33.9 Å². The van der Waals surface area contributed by atoms with Crippen molar-refractivity contribution in [2.75, 3.05) is 40.5 Å². The molecule has 21 heavy (non-hydrogen) atoms. The molecule has 0 radical (unpaired) electrons. The number of hydrogen-bond donors (Lipinski definition) is 1. The molecule has 116 valence electrons. The average molecular weight is 298 g/mol. The second-order valence-electron chi connectivity index (χ2n) is 4.15. The fourth-order valence-corrected chi connectivity index (χ4v) is 1.78. The summed E-state index contributed by atoms with van der Waals surface area (Å²) in [5.74, 6) is -0.215. The molecule has 0 aliphatic carbocycles. The van der Waals surface area contributed by atoms with Crippen molar-refractivity contribution in [3.8, 4) is 5.75 Å². The normalized spacial score (nSPS) is 10.2. The first-order valence-electron chi connectivity index (χ1n) is 6.26. The molecule has 0 unspecified atom stereocenters. The van der Waals surface area contributed by atoms with Crippen molar-refractivity contribution in [1.29, 1.82) is 0 Å². The molecule has 1 aromatic rings. The number of ether oxygens (including phenoxy) is 2. The quantitative estimate of drug-likeness (QED) is 0.559. The molecule has 1 aromatic carbocycles. The number of amides is 1. The van der Waals surface area contributed by atoms with Crippen molar-refractivity contribution >= 4 is 11.6 Å². The summed E-state index contributed by atoms with van der Waals surface area (Å²) in [4.78, 5) is 24.0. The monoisotopic (exact) mass is 298 g/mol. The number of methoxy groups -OCH3 is 2.